The summed E-state index contributed by atoms with van der Waals surface area (Å²) >= 11 is 3.45. The molecule has 0 amide bonds. The maximum atomic E-state index is 11.7. The molecule has 0 spiro atoms. The zero-order valence-electron chi connectivity index (χ0n) is 16.4. The van der Waals surface area contributed by atoms with Crippen LogP contribution in [0.15, 0.2) is 53.0 Å². The quantitative estimate of drug-likeness (QED) is 0.567. The lowest BCUT2D eigenvalue weighted by molar-refractivity contribution is -0.0459. The van der Waals surface area contributed by atoms with Gasteiger partial charge in [0.05, 0.1) is 12.7 Å². The zero-order chi connectivity index (χ0) is 19.9. The molecule has 0 saturated carbocycles. The van der Waals surface area contributed by atoms with Gasteiger partial charge in [0.2, 0.25) is 0 Å². The van der Waals surface area contributed by atoms with Crippen molar-refractivity contribution in [2.75, 3.05) is 32.8 Å². The topological polar surface area (TPSA) is 59.0 Å². The first-order valence-corrected chi connectivity index (χ1v) is 10.4. The van der Waals surface area contributed by atoms with Gasteiger partial charge in [0.15, 0.2) is 5.78 Å². The average Bonchev–Trinajstić information content (AvgIpc) is 2.73. The Labute approximate surface area is 186 Å². The first-order chi connectivity index (χ1) is 13.5. The highest BCUT2D eigenvalue weighted by atomic mass is 79.9. The smallest absolute Gasteiger partial charge is 0.162 e. The third kappa shape index (κ3) is 7.08. The summed E-state index contributed by atoms with van der Waals surface area (Å²) in [5.41, 5.74) is 1.82. The maximum Gasteiger partial charge on any atom is 0.162 e. The number of carbonyl (C=O) groups is 1. The molecule has 2 atom stereocenters. The van der Waals surface area contributed by atoms with E-state index in [1.165, 1.54) is 0 Å². The summed E-state index contributed by atoms with van der Waals surface area (Å²) in [5, 5.41) is 10.4. The van der Waals surface area contributed by atoms with E-state index in [-0.39, 0.29) is 30.9 Å². The lowest BCUT2D eigenvalue weighted by Crippen LogP contribution is -2.43. The van der Waals surface area contributed by atoms with Gasteiger partial charge in [-0.3, -0.25) is 9.69 Å². The molecule has 1 N–H and O–H groups in total. The highest BCUT2D eigenvalue weighted by Crippen LogP contribution is 2.24. The van der Waals surface area contributed by atoms with Crippen molar-refractivity contribution in [3.05, 3.63) is 64.1 Å². The first kappa shape index (κ1) is 23.8. The van der Waals surface area contributed by atoms with Gasteiger partial charge >= 0.3 is 0 Å². The molecular weight excluding hydrogens is 458 g/mol. The third-order valence-corrected chi connectivity index (χ3v) is 5.33. The second-order valence-corrected chi connectivity index (χ2v) is 7.85. The van der Waals surface area contributed by atoms with Gasteiger partial charge in [0, 0.05) is 36.1 Å². The van der Waals surface area contributed by atoms with Crippen molar-refractivity contribution in [3.63, 3.8) is 0 Å². The van der Waals surface area contributed by atoms with Crippen LogP contribution in [-0.2, 0) is 4.74 Å². The van der Waals surface area contributed by atoms with Gasteiger partial charge in [0.25, 0.3) is 0 Å². The summed E-state index contributed by atoms with van der Waals surface area (Å²) in [5.74, 6) is 0.764. The Morgan fingerprint density at radius 3 is 2.59 bits per heavy atom. The summed E-state index contributed by atoms with van der Waals surface area (Å²) in [4.78, 5) is 13.9. The van der Waals surface area contributed by atoms with Crippen molar-refractivity contribution in [2.24, 2.45) is 0 Å². The number of aliphatic hydroxyl groups excluding tert-OH is 1. The van der Waals surface area contributed by atoms with Gasteiger partial charge in [-0.25, -0.2) is 0 Å². The number of ketones is 1. The average molecular weight is 485 g/mol. The molecule has 1 saturated heterocycles. The molecule has 0 aromatic heterocycles. The Morgan fingerprint density at radius 2 is 1.93 bits per heavy atom. The largest absolute Gasteiger partial charge is 0.491 e. The molecule has 0 bridgehead atoms. The normalized spacial score (nSPS) is 18.0. The van der Waals surface area contributed by atoms with E-state index in [0.717, 1.165) is 23.1 Å². The number of hydrogen-bond donors (Lipinski definition) is 1. The molecule has 0 aliphatic carbocycles. The fourth-order valence-corrected chi connectivity index (χ4v) is 3.50. The Bertz CT molecular complexity index is 769. The van der Waals surface area contributed by atoms with Crippen molar-refractivity contribution in [3.8, 4) is 5.75 Å². The second-order valence-electron chi connectivity index (χ2n) is 6.94. The number of carbonyl (C=O) groups excluding carboxylic acids is 1. The summed E-state index contributed by atoms with van der Waals surface area (Å²) in [7, 11) is 0. The molecule has 1 fully saturated rings. The molecular formula is C22H27BrClNO4. The van der Waals surface area contributed by atoms with Gasteiger partial charge in [-0.05, 0) is 42.0 Å². The number of rotatable bonds is 8. The van der Waals surface area contributed by atoms with E-state index in [0.29, 0.717) is 30.9 Å². The van der Waals surface area contributed by atoms with Crippen LogP contribution in [0.2, 0.25) is 0 Å². The number of morpholine rings is 1. The van der Waals surface area contributed by atoms with E-state index in [2.05, 4.69) is 33.0 Å². The van der Waals surface area contributed by atoms with Gasteiger partial charge in [-0.1, -0.05) is 35.0 Å². The van der Waals surface area contributed by atoms with E-state index in [9.17, 15) is 9.90 Å². The number of nitrogens with zero attached hydrogens (tertiary/aromatic N) is 1. The molecule has 1 heterocycles. The van der Waals surface area contributed by atoms with Crippen LogP contribution in [0.25, 0.3) is 0 Å². The van der Waals surface area contributed by atoms with E-state index in [4.69, 9.17) is 9.47 Å². The van der Waals surface area contributed by atoms with Crippen LogP contribution in [0.4, 0.5) is 0 Å². The van der Waals surface area contributed by atoms with E-state index in [1.807, 2.05) is 19.1 Å². The fraction of sp³-hybridized carbons (Fsp3) is 0.409. The molecule has 158 valence electrons. The Hall–Kier alpha value is -1.44. The fourth-order valence-electron chi connectivity index (χ4n) is 3.23. The van der Waals surface area contributed by atoms with Crippen molar-refractivity contribution in [1.82, 2.24) is 4.90 Å². The van der Waals surface area contributed by atoms with Crippen molar-refractivity contribution >= 4 is 34.1 Å². The minimum Gasteiger partial charge on any atom is -0.491 e. The highest BCUT2D eigenvalue weighted by Gasteiger charge is 2.23. The van der Waals surface area contributed by atoms with Crippen molar-refractivity contribution in [1.29, 1.82) is 0 Å². The van der Waals surface area contributed by atoms with Gasteiger partial charge in [-0.2, -0.15) is 0 Å². The molecule has 2 aromatic carbocycles. The highest BCUT2D eigenvalue weighted by molar-refractivity contribution is 9.10. The van der Waals surface area contributed by atoms with E-state index in [1.54, 1.807) is 24.3 Å². The monoisotopic (exact) mass is 483 g/mol. The van der Waals surface area contributed by atoms with Crippen LogP contribution >= 0.6 is 28.3 Å². The van der Waals surface area contributed by atoms with E-state index >= 15 is 0 Å². The molecule has 3 rings (SSSR count). The lowest BCUT2D eigenvalue weighted by Gasteiger charge is -2.34. The first-order valence-electron chi connectivity index (χ1n) is 9.58. The van der Waals surface area contributed by atoms with Crippen LogP contribution < -0.4 is 4.74 Å². The van der Waals surface area contributed by atoms with Gasteiger partial charge < -0.3 is 14.6 Å². The molecule has 1 aliphatic rings. The van der Waals surface area contributed by atoms with Crippen LogP contribution in [0.3, 0.4) is 0 Å². The second kappa shape index (κ2) is 11.7. The minimum atomic E-state index is -0.597. The van der Waals surface area contributed by atoms with Crippen molar-refractivity contribution in [2.45, 2.75) is 25.6 Å². The number of aliphatic hydroxyl groups is 1. The lowest BCUT2D eigenvalue weighted by atomic mass is 10.1. The molecule has 2 aromatic rings. The predicted molar refractivity (Wildman–Crippen MR) is 119 cm³/mol. The predicted octanol–water partition coefficient (Wildman–Crippen LogP) is 4.28. The van der Waals surface area contributed by atoms with Crippen LogP contribution in [0, 0.1) is 0 Å². The summed E-state index contributed by atoms with van der Waals surface area (Å²) in [6.07, 6.45) is -0.0982. The molecule has 7 heteroatoms. The van der Waals surface area contributed by atoms with Crippen LogP contribution in [-0.4, -0.2) is 54.7 Å². The van der Waals surface area contributed by atoms with Crippen LogP contribution in [0.5, 0.6) is 5.75 Å². The summed E-state index contributed by atoms with van der Waals surface area (Å²) in [6.45, 7) is 4.76. The van der Waals surface area contributed by atoms with Gasteiger partial charge in [-0.15, -0.1) is 12.4 Å². The standard InChI is InChI=1S/C22H26BrNO4.ClH/c1-2-21(26)16-5-9-20(10-6-16)28-15-19(25)13-24-11-12-27-22(14-24)17-3-7-18(23)8-4-17;/h3-10,19,22,25H,2,11-15H2,1H3;1H. The zero-order valence-corrected chi connectivity index (χ0v) is 18.8. The Morgan fingerprint density at radius 1 is 1.24 bits per heavy atom. The molecule has 2 unspecified atom stereocenters. The molecule has 0 radical (unpaired) electrons. The molecule has 5 nitrogen and oxygen atoms in total. The number of ether oxygens (including phenoxy) is 2. The minimum absolute atomic E-state index is 0. The molecule has 29 heavy (non-hydrogen) atoms. The van der Waals surface area contributed by atoms with Crippen LogP contribution in [0.1, 0.15) is 35.4 Å². The number of halogens is 2. The number of hydrogen-bond acceptors (Lipinski definition) is 5. The van der Waals surface area contributed by atoms with Gasteiger partial charge in [0.1, 0.15) is 18.5 Å². The Kier molecular flexibility index (Phi) is 9.59. The van der Waals surface area contributed by atoms with Crippen molar-refractivity contribution < 1.29 is 19.4 Å². The molecule has 1 aliphatic heterocycles. The number of β-amino-alcohol motifs (C(OH)–C–C–N with tert-alkyl or cyclic N) is 1. The summed E-state index contributed by atoms with van der Waals surface area (Å²) < 4.78 is 12.6. The third-order valence-electron chi connectivity index (χ3n) is 4.80. The maximum absolute atomic E-state index is 11.7. The number of benzene rings is 2. The number of Topliss-reactive ketones (excluding diaryl/α,β-unsaturated/α-hetero) is 1. The van der Waals surface area contributed by atoms with E-state index < -0.39 is 6.10 Å². The SMILES string of the molecule is CCC(=O)c1ccc(OCC(O)CN2CCOC(c3ccc(Br)cc3)C2)cc1.Cl. The summed E-state index contributed by atoms with van der Waals surface area (Å²) in [6, 6.07) is 15.2. The Balaban J connectivity index is 0.00000300.